The van der Waals surface area contributed by atoms with Crippen LogP contribution in [-0.2, 0) is 0 Å². The van der Waals surface area contributed by atoms with Crippen LogP contribution in [0.15, 0.2) is 31.9 Å². The van der Waals surface area contributed by atoms with E-state index < -0.39 is 0 Å². The van der Waals surface area contributed by atoms with Crippen molar-refractivity contribution >= 4 is 5.57 Å². The number of phenols is 1. The molecule has 1 aromatic carbocycles. The first-order chi connectivity index (χ1) is 6.52. The molecule has 0 aliphatic carbocycles. The number of allylic oxidation sites excluding steroid dienone is 1. The lowest BCUT2D eigenvalue weighted by atomic mass is 10.00. The van der Waals surface area contributed by atoms with Crippen molar-refractivity contribution in [1.82, 2.24) is 0 Å². The maximum Gasteiger partial charge on any atom is 0.118 e. The lowest BCUT2D eigenvalue weighted by Gasteiger charge is -2.07. The summed E-state index contributed by atoms with van der Waals surface area (Å²) in [5.74, 6) is 0.359. The van der Waals surface area contributed by atoms with Crippen molar-refractivity contribution in [1.29, 1.82) is 0 Å². The Labute approximate surface area is 86.4 Å². The van der Waals surface area contributed by atoms with Crippen LogP contribution in [-0.4, -0.2) is 5.11 Å². The van der Waals surface area contributed by atoms with Gasteiger partial charge in [0, 0.05) is 0 Å². The Morgan fingerprint density at radius 1 is 1.14 bits per heavy atom. The van der Waals surface area contributed by atoms with E-state index in [0.717, 1.165) is 22.3 Å². The molecule has 0 amide bonds. The second-order valence-corrected chi connectivity index (χ2v) is 3.23. The Bertz CT molecular complexity index is 337. The second-order valence-electron chi connectivity index (χ2n) is 3.23. The van der Waals surface area contributed by atoms with E-state index in [-0.39, 0.29) is 0 Å². The Morgan fingerprint density at radius 2 is 1.64 bits per heavy atom. The molecule has 0 radical (unpaired) electrons. The van der Waals surface area contributed by atoms with E-state index in [1.54, 1.807) is 6.07 Å². The molecule has 1 heteroatoms. The van der Waals surface area contributed by atoms with Crippen LogP contribution in [0.5, 0.6) is 5.75 Å². The molecule has 0 heterocycles. The molecule has 0 unspecified atom stereocenters. The van der Waals surface area contributed by atoms with Crippen molar-refractivity contribution in [2.45, 2.75) is 20.8 Å². The van der Waals surface area contributed by atoms with Crippen LogP contribution in [0.2, 0.25) is 0 Å². The third-order valence-corrected chi connectivity index (χ3v) is 2.00. The molecule has 1 rings (SSSR count). The van der Waals surface area contributed by atoms with Crippen molar-refractivity contribution in [2.75, 3.05) is 0 Å². The van der Waals surface area contributed by atoms with Gasteiger partial charge in [0.1, 0.15) is 5.75 Å². The Morgan fingerprint density at radius 3 is 2.07 bits per heavy atom. The topological polar surface area (TPSA) is 20.2 Å². The highest BCUT2D eigenvalue weighted by Gasteiger charge is 2.02. The van der Waals surface area contributed by atoms with Crippen LogP contribution in [0.25, 0.3) is 5.57 Å². The van der Waals surface area contributed by atoms with Gasteiger partial charge in [0.05, 0.1) is 0 Å². The summed E-state index contributed by atoms with van der Waals surface area (Å²) in [4.78, 5) is 0. The van der Waals surface area contributed by atoms with Gasteiger partial charge in [-0.2, -0.15) is 0 Å². The first-order valence-corrected chi connectivity index (χ1v) is 4.48. The van der Waals surface area contributed by atoms with Crippen LogP contribution >= 0.6 is 0 Å². The molecule has 0 saturated heterocycles. The summed E-state index contributed by atoms with van der Waals surface area (Å²) in [5.41, 5.74) is 4.14. The maximum absolute atomic E-state index is 9.38. The minimum Gasteiger partial charge on any atom is -0.508 e. The molecule has 0 atom stereocenters. The van der Waals surface area contributed by atoms with E-state index in [9.17, 15) is 5.11 Å². The van der Waals surface area contributed by atoms with Gasteiger partial charge in [-0.1, -0.05) is 12.2 Å². The molecule has 0 aromatic heterocycles. The normalized spacial score (nSPS) is 8.79. The van der Waals surface area contributed by atoms with Gasteiger partial charge in [-0.3, -0.25) is 0 Å². The van der Waals surface area contributed by atoms with Crippen LogP contribution in [0, 0.1) is 13.8 Å². The predicted molar refractivity (Wildman–Crippen MR) is 63.5 cm³/mol. The zero-order chi connectivity index (χ0) is 11.3. The van der Waals surface area contributed by atoms with Gasteiger partial charge in [-0.05, 0) is 49.6 Å². The van der Waals surface area contributed by atoms with Gasteiger partial charge in [0.25, 0.3) is 0 Å². The monoisotopic (exact) mass is 190 g/mol. The van der Waals surface area contributed by atoms with Gasteiger partial charge in [-0.15, -0.1) is 13.2 Å². The average Bonchev–Trinajstić information content (AvgIpc) is 2.14. The Balaban J connectivity index is 0.000000791. The summed E-state index contributed by atoms with van der Waals surface area (Å²) >= 11 is 0. The number of hydrogen-bond acceptors (Lipinski definition) is 1. The van der Waals surface area contributed by atoms with Gasteiger partial charge in [0.2, 0.25) is 0 Å². The summed E-state index contributed by atoms with van der Waals surface area (Å²) in [5, 5.41) is 9.38. The minimum absolute atomic E-state index is 0.359. The fourth-order valence-electron chi connectivity index (χ4n) is 1.26. The standard InChI is InChI=1S/C11H14O.C2H4/c1-7(2)10-5-9(4)11(12)6-8(10)3;1-2/h5-6,12H,1H2,2-4H3;1-2H2. The van der Waals surface area contributed by atoms with Crippen LogP contribution in [0.4, 0.5) is 0 Å². The highest BCUT2D eigenvalue weighted by Crippen LogP contribution is 2.25. The van der Waals surface area contributed by atoms with Crippen molar-refractivity contribution in [3.8, 4) is 5.75 Å². The van der Waals surface area contributed by atoms with E-state index in [1.807, 2.05) is 26.8 Å². The second kappa shape index (κ2) is 5.28. The molecule has 0 fully saturated rings. The average molecular weight is 190 g/mol. The van der Waals surface area contributed by atoms with Crippen LogP contribution < -0.4 is 0 Å². The van der Waals surface area contributed by atoms with Crippen molar-refractivity contribution in [3.63, 3.8) is 0 Å². The van der Waals surface area contributed by atoms with E-state index in [2.05, 4.69) is 19.7 Å². The van der Waals surface area contributed by atoms with E-state index in [1.165, 1.54) is 0 Å². The molecule has 0 aliphatic heterocycles. The van der Waals surface area contributed by atoms with E-state index in [0.29, 0.717) is 5.75 Å². The molecule has 76 valence electrons. The van der Waals surface area contributed by atoms with Crippen molar-refractivity contribution < 1.29 is 5.11 Å². The fraction of sp³-hybridized carbons (Fsp3) is 0.231. The molecule has 1 N–H and O–H groups in total. The van der Waals surface area contributed by atoms with Gasteiger partial charge < -0.3 is 5.11 Å². The number of hydrogen-bond donors (Lipinski definition) is 1. The number of phenolic OH excluding ortho intramolecular Hbond substituents is 1. The third-order valence-electron chi connectivity index (χ3n) is 2.00. The summed E-state index contributed by atoms with van der Waals surface area (Å²) in [7, 11) is 0. The van der Waals surface area contributed by atoms with Crippen molar-refractivity contribution in [3.05, 3.63) is 48.6 Å². The molecule has 0 aliphatic rings. The first-order valence-electron chi connectivity index (χ1n) is 4.48. The largest absolute Gasteiger partial charge is 0.508 e. The lowest BCUT2D eigenvalue weighted by molar-refractivity contribution is 0.470. The molecule has 14 heavy (non-hydrogen) atoms. The Hall–Kier alpha value is -1.50. The highest BCUT2D eigenvalue weighted by molar-refractivity contribution is 5.66. The van der Waals surface area contributed by atoms with Crippen molar-refractivity contribution in [2.24, 2.45) is 0 Å². The number of rotatable bonds is 1. The fourth-order valence-corrected chi connectivity index (χ4v) is 1.26. The number of aromatic hydroxyl groups is 1. The maximum atomic E-state index is 9.38. The molecule has 0 bridgehead atoms. The summed E-state index contributed by atoms with van der Waals surface area (Å²) < 4.78 is 0. The van der Waals surface area contributed by atoms with E-state index >= 15 is 0 Å². The summed E-state index contributed by atoms with van der Waals surface area (Å²) in [6.45, 7) is 15.7. The zero-order valence-corrected chi connectivity index (χ0v) is 9.22. The predicted octanol–water partition coefficient (Wildman–Crippen LogP) is 3.84. The zero-order valence-electron chi connectivity index (χ0n) is 9.22. The van der Waals surface area contributed by atoms with E-state index in [4.69, 9.17) is 0 Å². The minimum atomic E-state index is 0.359. The first kappa shape index (κ1) is 12.5. The van der Waals surface area contributed by atoms with Gasteiger partial charge in [0.15, 0.2) is 0 Å². The quantitative estimate of drug-likeness (QED) is 0.667. The molecular formula is C13H18O. The number of benzene rings is 1. The Kier molecular flexibility index (Phi) is 4.71. The summed E-state index contributed by atoms with van der Waals surface area (Å²) in [6.07, 6.45) is 0. The van der Waals surface area contributed by atoms with Crippen LogP contribution in [0.3, 0.4) is 0 Å². The molecule has 1 nitrogen and oxygen atoms in total. The SMILES string of the molecule is C=C.C=C(C)c1cc(C)c(O)cc1C. The lowest BCUT2D eigenvalue weighted by Crippen LogP contribution is -1.86. The molecule has 0 saturated carbocycles. The molecule has 1 aromatic rings. The molecular weight excluding hydrogens is 172 g/mol. The third kappa shape index (κ3) is 2.77. The van der Waals surface area contributed by atoms with Gasteiger partial charge in [-0.25, -0.2) is 0 Å². The van der Waals surface area contributed by atoms with Gasteiger partial charge >= 0.3 is 0 Å². The highest BCUT2D eigenvalue weighted by atomic mass is 16.3. The molecule has 0 spiro atoms. The number of aryl methyl sites for hydroxylation is 2. The van der Waals surface area contributed by atoms with Crippen LogP contribution in [0.1, 0.15) is 23.6 Å². The smallest absolute Gasteiger partial charge is 0.118 e. The summed E-state index contributed by atoms with van der Waals surface area (Å²) in [6, 6.07) is 3.74.